The Labute approximate surface area is 196 Å². The van der Waals surface area contributed by atoms with E-state index in [2.05, 4.69) is 10.6 Å². The average molecular weight is 485 g/mol. The first kappa shape index (κ1) is 26.9. The number of nitrogens with one attached hydrogen (secondary N) is 2. The van der Waals surface area contributed by atoms with Crippen LogP contribution in [0.1, 0.15) is 37.6 Å². The zero-order chi connectivity index (χ0) is 24.8. The first-order valence-corrected chi connectivity index (χ1v) is 12.9. The number of hydrogen-bond donors (Lipinski definition) is 2. The monoisotopic (exact) mass is 484 g/mol. The highest BCUT2D eigenvalue weighted by molar-refractivity contribution is 7.88. The van der Waals surface area contributed by atoms with Gasteiger partial charge in [0.2, 0.25) is 10.0 Å². The van der Waals surface area contributed by atoms with Gasteiger partial charge in [-0.2, -0.15) is 4.31 Å². The molecule has 10 nitrogen and oxygen atoms in total. The molecule has 0 saturated heterocycles. The molecule has 0 spiro atoms. The molecule has 0 aliphatic carbocycles. The molecule has 33 heavy (non-hydrogen) atoms. The number of fused-ring (bicyclic) bond motifs is 1. The number of benzene rings is 1. The predicted molar refractivity (Wildman–Crippen MR) is 127 cm³/mol. The second-order valence-electron chi connectivity index (χ2n) is 8.52. The van der Waals surface area contributed by atoms with E-state index < -0.39 is 16.1 Å². The molecule has 0 bridgehead atoms. The van der Waals surface area contributed by atoms with Crippen molar-refractivity contribution in [3.63, 3.8) is 0 Å². The van der Waals surface area contributed by atoms with E-state index in [-0.39, 0.29) is 49.2 Å². The zero-order valence-corrected chi connectivity index (χ0v) is 21.1. The maximum Gasteiger partial charge on any atom is 0.319 e. The summed E-state index contributed by atoms with van der Waals surface area (Å²) in [6.45, 7) is 6.72. The standard InChI is InChI=1S/C22H36N4O6S/c1-7-10-23-22(28)24-17-8-9-19-18(11-17)21(27)25(4)13-20(31-5)15(2)12-26(33(6,29)30)16(3)14-32-19/h8-9,11,15-16,20H,7,10,12-14H2,1-6H3,(H2,23,24,28)/t15-,16-,20-/m1/s1. The summed E-state index contributed by atoms with van der Waals surface area (Å²) in [6, 6.07) is 3.99. The number of rotatable bonds is 5. The Balaban J connectivity index is 2.43. The molecule has 0 radical (unpaired) electrons. The predicted octanol–water partition coefficient (Wildman–Crippen LogP) is 1.98. The van der Waals surface area contributed by atoms with Gasteiger partial charge in [-0.1, -0.05) is 13.8 Å². The molecule has 1 aliphatic rings. The van der Waals surface area contributed by atoms with Crippen LogP contribution in [0.25, 0.3) is 0 Å². The van der Waals surface area contributed by atoms with Crippen LogP contribution in [0.2, 0.25) is 0 Å². The van der Waals surface area contributed by atoms with Crippen LogP contribution in [0.4, 0.5) is 10.5 Å². The lowest BCUT2D eigenvalue weighted by Crippen LogP contribution is -2.48. The number of methoxy groups -OCH3 is 1. The third-order valence-electron chi connectivity index (χ3n) is 5.61. The van der Waals surface area contributed by atoms with E-state index in [1.807, 2.05) is 13.8 Å². The number of likely N-dealkylation sites (N-methyl/N-ethyl adjacent to an activating group) is 1. The van der Waals surface area contributed by atoms with E-state index in [9.17, 15) is 18.0 Å². The van der Waals surface area contributed by atoms with Crippen LogP contribution in [-0.4, -0.2) is 88.4 Å². The lowest BCUT2D eigenvalue weighted by Gasteiger charge is -2.34. The molecular weight excluding hydrogens is 448 g/mol. The lowest BCUT2D eigenvalue weighted by molar-refractivity contribution is 0.0213. The van der Waals surface area contributed by atoms with Crippen LogP contribution < -0.4 is 15.4 Å². The fraction of sp³-hybridized carbons (Fsp3) is 0.636. The highest BCUT2D eigenvalue weighted by atomic mass is 32.2. The number of urea groups is 1. The van der Waals surface area contributed by atoms with Crippen molar-refractivity contribution in [2.75, 3.05) is 52.0 Å². The minimum Gasteiger partial charge on any atom is -0.491 e. The molecule has 1 heterocycles. The van der Waals surface area contributed by atoms with Gasteiger partial charge in [-0.3, -0.25) is 4.79 Å². The van der Waals surface area contributed by atoms with Crippen LogP contribution in [0.3, 0.4) is 0 Å². The summed E-state index contributed by atoms with van der Waals surface area (Å²) >= 11 is 0. The molecule has 1 aromatic carbocycles. The second kappa shape index (κ2) is 11.7. The van der Waals surface area contributed by atoms with E-state index in [4.69, 9.17) is 9.47 Å². The molecule has 0 saturated carbocycles. The van der Waals surface area contributed by atoms with Crippen LogP contribution in [-0.2, 0) is 14.8 Å². The molecular formula is C22H36N4O6S. The first-order chi connectivity index (χ1) is 15.5. The quantitative estimate of drug-likeness (QED) is 0.660. The number of amides is 3. The summed E-state index contributed by atoms with van der Waals surface area (Å²) in [7, 11) is -0.292. The number of hydrogen-bond acceptors (Lipinski definition) is 6. The van der Waals surface area contributed by atoms with Crippen molar-refractivity contribution in [1.82, 2.24) is 14.5 Å². The average Bonchev–Trinajstić information content (AvgIpc) is 2.76. The fourth-order valence-corrected chi connectivity index (χ4v) is 4.92. The van der Waals surface area contributed by atoms with Gasteiger partial charge < -0.3 is 25.0 Å². The minimum atomic E-state index is -3.50. The smallest absolute Gasteiger partial charge is 0.319 e. The summed E-state index contributed by atoms with van der Waals surface area (Å²) in [5.41, 5.74) is 0.717. The van der Waals surface area contributed by atoms with Gasteiger partial charge >= 0.3 is 6.03 Å². The number of ether oxygens (including phenoxy) is 2. The lowest BCUT2D eigenvalue weighted by atomic mass is 10.0. The topological polar surface area (TPSA) is 117 Å². The van der Waals surface area contributed by atoms with E-state index >= 15 is 0 Å². The molecule has 0 unspecified atom stereocenters. The molecule has 2 N–H and O–H groups in total. The van der Waals surface area contributed by atoms with Crippen molar-refractivity contribution in [2.24, 2.45) is 5.92 Å². The van der Waals surface area contributed by atoms with Crippen LogP contribution in [0.15, 0.2) is 18.2 Å². The molecule has 0 fully saturated rings. The Hall–Kier alpha value is -2.37. The normalized spacial score (nSPS) is 23.0. The van der Waals surface area contributed by atoms with Crippen LogP contribution in [0.5, 0.6) is 5.75 Å². The third kappa shape index (κ3) is 7.31. The van der Waals surface area contributed by atoms with Crippen LogP contribution in [0, 0.1) is 5.92 Å². The summed E-state index contributed by atoms with van der Waals surface area (Å²) < 4.78 is 37.8. The van der Waals surface area contributed by atoms with Crippen molar-refractivity contribution in [1.29, 1.82) is 0 Å². The Kier molecular flexibility index (Phi) is 9.50. The van der Waals surface area contributed by atoms with Gasteiger partial charge in [0, 0.05) is 39.5 Å². The van der Waals surface area contributed by atoms with Crippen molar-refractivity contribution >= 4 is 27.6 Å². The van der Waals surface area contributed by atoms with Crippen LogP contribution >= 0.6 is 0 Å². The Morgan fingerprint density at radius 2 is 1.97 bits per heavy atom. The summed E-state index contributed by atoms with van der Waals surface area (Å²) in [6.07, 6.45) is 1.60. The highest BCUT2D eigenvalue weighted by Gasteiger charge is 2.32. The number of anilines is 1. The number of sulfonamides is 1. The number of nitrogens with zero attached hydrogens (tertiary/aromatic N) is 2. The van der Waals surface area contributed by atoms with E-state index in [0.717, 1.165) is 6.42 Å². The molecule has 2 rings (SSSR count). The van der Waals surface area contributed by atoms with Crippen molar-refractivity contribution in [2.45, 2.75) is 39.3 Å². The van der Waals surface area contributed by atoms with Gasteiger partial charge in [0.05, 0.1) is 24.0 Å². The largest absolute Gasteiger partial charge is 0.491 e. The van der Waals surface area contributed by atoms with E-state index in [1.165, 1.54) is 15.5 Å². The van der Waals surface area contributed by atoms with Crippen molar-refractivity contribution in [3.05, 3.63) is 23.8 Å². The molecule has 186 valence electrons. The summed E-state index contributed by atoms with van der Waals surface area (Å²) in [5, 5.41) is 5.45. The maximum atomic E-state index is 13.3. The molecule has 1 aliphatic heterocycles. The first-order valence-electron chi connectivity index (χ1n) is 11.0. The van der Waals surface area contributed by atoms with E-state index in [0.29, 0.717) is 18.0 Å². The summed E-state index contributed by atoms with van der Waals surface area (Å²) in [5.74, 6) is -0.143. The van der Waals surface area contributed by atoms with Crippen molar-refractivity contribution < 1.29 is 27.5 Å². The highest BCUT2D eigenvalue weighted by Crippen LogP contribution is 2.26. The Morgan fingerprint density at radius 3 is 2.58 bits per heavy atom. The second-order valence-corrected chi connectivity index (χ2v) is 10.5. The zero-order valence-electron chi connectivity index (χ0n) is 20.3. The van der Waals surface area contributed by atoms with Gasteiger partial charge in [-0.15, -0.1) is 0 Å². The molecule has 3 amide bonds. The Morgan fingerprint density at radius 1 is 1.27 bits per heavy atom. The SMILES string of the molecule is CCCNC(=O)Nc1ccc2c(c1)C(=O)N(C)C[C@@H](OC)[C@H](C)CN(S(C)(=O)=O)[C@H](C)CO2. The number of carbonyl (C=O) groups excluding carboxylic acids is 2. The summed E-state index contributed by atoms with van der Waals surface area (Å²) in [4.78, 5) is 26.9. The maximum absolute atomic E-state index is 13.3. The van der Waals surface area contributed by atoms with Crippen molar-refractivity contribution in [3.8, 4) is 5.75 Å². The Bertz CT molecular complexity index is 939. The van der Waals surface area contributed by atoms with Gasteiger partial charge in [0.15, 0.2) is 0 Å². The molecule has 3 atom stereocenters. The minimum absolute atomic E-state index is 0.0607. The van der Waals surface area contributed by atoms with E-state index in [1.54, 1.807) is 39.3 Å². The van der Waals surface area contributed by atoms with Gasteiger partial charge in [-0.25, -0.2) is 13.2 Å². The fourth-order valence-electron chi connectivity index (χ4n) is 3.70. The van der Waals surface area contributed by atoms with Gasteiger partial charge in [-0.05, 0) is 37.5 Å². The van der Waals surface area contributed by atoms with Gasteiger partial charge in [0.25, 0.3) is 5.91 Å². The third-order valence-corrected chi connectivity index (χ3v) is 6.97. The molecule has 11 heteroatoms. The van der Waals surface area contributed by atoms with Gasteiger partial charge in [0.1, 0.15) is 12.4 Å². The molecule has 0 aromatic heterocycles. The number of carbonyl (C=O) groups is 2. The molecule has 1 aromatic rings.